The predicted molar refractivity (Wildman–Crippen MR) is 131 cm³/mol. The third-order valence-corrected chi connectivity index (χ3v) is 5.38. The summed E-state index contributed by atoms with van der Waals surface area (Å²) in [6, 6.07) is 11.2. The van der Waals surface area contributed by atoms with Gasteiger partial charge >= 0.3 is 5.69 Å². The molecule has 1 aromatic heterocycles. The number of aromatic nitrogens is 2. The first-order valence-corrected chi connectivity index (χ1v) is 11.4. The molecule has 0 saturated heterocycles. The summed E-state index contributed by atoms with van der Waals surface area (Å²) in [6.45, 7) is 7.04. The fraction of sp³-hybridized carbons (Fsp3) is 0.500. The second-order valence-corrected chi connectivity index (χ2v) is 8.39. The van der Waals surface area contributed by atoms with Gasteiger partial charge in [-0.1, -0.05) is 45.4 Å². The molecule has 0 aliphatic carbocycles. The Hall–Kier alpha value is -3.54. The molecule has 0 aliphatic rings. The van der Waals surface area contributed by atoms with Gasteiger partial charge in [0.25, 0.3) is 5.56 Å². The summed E-state index contributed by atoms with van der Waals surface area (Å²) < 4.78 is 1.36. The van der Waals surface area contributed by atoms with E-state index in [4.69, 9.17) is 11.0 Å². The zero-order chi connectivity index (χ0) is 24.4. The van der Waals surface area contributed by atoms with E-state index < -0.39 is 11.2 Å². The van der Waals surface area contributed by atoms with Crippen molar-refractivity contribution in [2.24, 2.45) is 5.92 Å². The van der Waals surface area contributed by atoms with Crippen LogP contribution in [0.3, 0.4) is 0 Å². The maximum atomic E-state index is 13.4. The highest BCUT2D eigenvalue weighted by atomic mass is 16.2. The third-order valence-electron chi connectivity index (χ3n) is 5.38. The molecule has 178 valence electrons. The number of carbonyl (C=O) groups excluding carboxylic acids is 1. The van der Waals surface area contributed by atoms with E-state index in [-0.39, 0.29) is 36.9 Å². The van der Waals surface area contributed by atoms with Gasteiger partial charge < -0.3 is 15.5 Å². The standard InChI is InChI=1S/C24H34N6O3/c1-4-5-14-30-22(26)21(23(32)27-24(30)33)28(16-12-18(2)3)17-20(31)29(15-9-13-25)19-10-7-6-8-11-19/h6-8,10-11,18H,4-5,9,12,14-17,26H2,1-3H3,(H,27,32,33). The number of amides is 1. The average molecular weight is 455 g/mol. The zero-order valence-electron chi connectivity index (χ0n) is 19.7. The van der Waals surface area contributed by atoms with Crippen molar-refractivity contribution in [3.05, 3.63) is 51.2 Å². The Balaban J connectivity index is 2.46. The Morgan fingerprint density at radius 1 is 1.21 bits per heavy atom. The lowest BCUT2D eigenvalue weighted by Gasteiger charge is -2.29. The van der Waals surface area contributed by atoms with Crippen molar-refractivity contribution in [1.82, 2.24) is 9.55 Å². The molecule has 0 aliphatic heterocycles. The molecule has 0 radical (unpaired) electrons. The van der Waals surface area contributed by atoms with Crippen LogP contribution in [0.5, 0.6) is 0 Å². The monoisotopic (exact) mass is 454 g/mol. The van der Waals surface area contributed by atoms with Gasteiger partial charge in [-0.05, 0) is 30.9 Å². The minimum atomic E-state index is -0.606. The van der Waals surface area contributed by atoms with Crippen molar-refractivity contribution in [3.8, 4) is 6.07 Å². The van der Waals surface area contributed by atoms with Gasteiger partial charge in [-0.3, -0.25) is 19.1 Å². The first-order chi connectivity index (χ1) is 15.8. The molecule has 0 saturated carbocycles. The number of nitrogens with two attached hydrogens (primary N) is 1. The van der Waals surface area contributed by atoms with Crippen LogP contribution in [0.15, 0.2) is 39.9 Å². The first-order valence-electron chi connectivity index (χ1n) is 11.4. The van der Waals surface area contributed by atoms with Crippen LogP contribution in [0, 0.1) is 17.2 Å². The van der Waals surface area contributed by atoms with Gasteiger partial charge in [0, 0.05) is 25.3 Å². The summed E-state index contributed by atoms with van der Waals surface area (Å²) >= 11 is 0. The van der Waals surface area contributed by atoms with E-state index in [9.17, 15) is 14.4 Å². The number of nitrogens with one attached hydrogen (secondary N) is 1. The van der Waals surface area contributed by atoms with Crippen molar-refractivity contribution in [2.75, 3.05) is 35.2 Å². The number of aromatic amines is 1. The van der Waals surface area contributed by atoms with Crippen LogP contribution in [-0.4, -0.2) is 35.1 Å². The van der Waals surface area contributed by atoms with Gasteiger partial charge in [-0.25, -0.2) is 4.79 Å². The van der Waals surface area contributed by atoms with Crippen LogP contribution in [0.2, 0.25) is 0 Å². The molecule has 3 N–H and O–H groups in total. The number of hydrogen-bond acceptors (Lipinski definition) is 6. The highest BCUT2D eigenvalue weighted by Gasteiger charge is 2.24. The lowest BCUT2D eigenvalue weighted by molar-refractivity contribution is -0.117. The number of nitrogen functional groups attached to an aromatic ring is 1. The summed E-state index contributed by atoms with van der Waals surface area (Å²) in [4.78, 5) is 44.1. The summed E-state index contributed by atoms with van der Waals surface area (Å²) in [5, 5.41) is 9.06. The van der Waals surface area contributed by atoms with Crippen molar-refractivity contribution in [1.29, 1.82) is 5.26 Å². The molecule has 2 rings (SSSR count). The number of anilines is 3. The molecule has 0 bridgehead atoms. The Kier molecular flexibility index (Phi) is 9.73. The van der Waals surface area contributed by atoms with Crippen LogP contribution in [-0.2, 0) is 11.3 Å². The number of nitriles is 1. The largest absolute Gasteiger partial charge is 0.383 e. The molecule has 0 atom stereocenters. The predicted octanol–water partition coefficient (Wildman–Crippen LogP) is 2.72. The topological polar surface area (TPSA) is 128 Å². The second-order valence-electron chi connectivity index (χ2n) is 8.39. The molecule has 33 heavy (non-hydrogen) atoms. The van der Waals surface area contributed by atoms with Crippen molar-refractivity contribution >= 4 is 23.1 Å². The molecule has 0 spiro atoms. The molecule has 2 aromatic rings. The van der Waals surface area contributed by atoms with Crippen LogP contribution >= 0.6 is 0 Å². The Morgan fingerprint density at radius 2 is 1.91 bits per heavy atom. The normalized spacial score (nSPS) is 10.8. The smallest absolute Gasteiger partial charge is 0.330 e. The van der Waals surface area contributed by atoms with Crippen molar-refractivity contribution < 1.29 is 4.79 Å². The minimum Gasteiger partial charge on any atom is -0.383 e. The molecule has 0 fully saturated rings. The Morgan fingerprint density at radius 3 is 2.52 bits per heavy atom. The summed E-state index contributed by atoms with van der Waals surface area (Å²) in [5.41, 5.74) is 5.96. The molecule has 0 unspecified atom stereocenters. The SMILES string of the molecule is CCCCn1c(N)c(N(CCC(C)C)CC(=O)N(CCC#N)c2ccccc2)c(=O)[nH]c1=O. The highest BCUT2D eigenvalue weighted by molar-refractivity contribution is 5.96. The number of para-hydroxylation sites is 1. The van der Waals surface area contributed by atoms with Gasteiger partial charge in [0.05, 0.1) is 19.0 Å². The lowest BCUT2D eigenvalue weighted by atomic mass is 10.1. The van der Waals surface area contributed by atoms with E-state index in [1.54, 1.807) is 21.9 Å². The van der Waals surface area contributed by atoms with E-state index in [1.807, 2.05) is 25.1 Å². The lowest BCUT2D eigenvalue weighted by Crippen LogP contribution is -2.45. The van der Waals surface area contributed by atoms with E-state index >= 15 is 0 Å². The van der Waals surface area contributed by atoms with Gasteiger partial charge in [0.15, 0.2) is 0 Å². The molecule has 1 aromatic carbocycles. The summed E-state index contributed by atoms with van der Waals surface area (Å²) in [6.07, 6.45) is 2.50. The van der Waals surface area contributed by atoms with Gasteiger partial charge in [0.2, 0.25) is 5.91 Å². The minimum absolute atomic E-state index is 0.0667. The average Bonchev–Trinajstić information content (AvgIpc) is 2.78. The number of nitrogens with zero attached hydrogens (tertiary/aromatic N) is 4. The second kappa shape index (κ2) is 12.5. The van der Waals surface area contributed by atoms with E-state index in [0.29, 0.717) is 24.7 Å². The van der Waals surface area contributed by atoms with Crippen LogP contribution in [0.4, 0.5) is 17.2 Å². The van der Waals surface area contributed by atoms with E-state index in [1.165, 1.54) is 4.57 Å². The van der Waals surface area contributed by atoms with Crippen LogP contribution < -0.4 is 26.8 Å². The molecular weight excluding hydrogens is 420 g/mol. The number of rotatable bonds is 12. The number of benzene rings is 1. The van der Waals surface area contributed by atoms with Crippen molar-refractivity contribution in [3.63, 3.8) is 0 Å². The zero-order valence-corrected chi connectivity index (χ0v) is 19.7. The fourth-order valence-corrected chi connectivity index (χ4v) is 3.52. The highest BCUT2D eigenvalue weighted by Crippen LogP contribution is 2.20. The van der Waals surface area contributed by atoms with Crippen molar-refractivity contribution in [2.45, 2.75) is 53.0 Å². The number of H-pyrrole nitrogens is 1. The number of carbonyl (C=O) groups is 1. The quantitative estimate of drug-likeness (QED) is 0.507. The van der Waals surface area contributed by atoms with E-state index in [0.717, 1.165) is 19.3 Å². The molecule has 1 heterocycles. The first kappa shape index (κ1) is 25.7. The van der Waals surface area contributed by atoms with Crippen LogP contribution in [0.1, 0.15) is 46.5 Å². The maximum Gasteiger partial charge on any atom is 0.330 e. The van der Waals surface area contributed by atoms with Gasteiger partial charge in [-0.15, -0.1) is 0 Å². The van der Waals surface area contributed by atoms with Gasteiger partial charge in [0.1, 0.15) is 11.5 Å². The third kappa shape index (κ3) is 6.97. The summed E-state index contributed by atoms with van der Waals surface area (Å²) in [5.74, 6) is 0.139. The number of unbranched alkanes of at least 4 members (excludes halogenated alkanes) is 1. The molecular formula is C24H34N6O3. The maximum absolute atomic E-state index is 13.4. The van der Waals surface area contributed by atoms with E-state index in [2.05, 4.69) is 24.9 Å². The number of hydrogen-bond donors (Lipinski definition) is 2. The Bertz CT molecular complexity index is 1070. The molecule has 1 amide bonds. The summed E-state index contributed by atoms with van der Waals surface area (Å²) in [7, 11) is 0. The molecule has 9 nitrogen and oxygen atoms in total. The van der Waals surface area contributed by atoms with Crippen LogP contribution in [0.25, 0.3) is 0 Å². The van der Waals surface area contributed by atoms with Gasteiger partial charge in [-0.2, -0.15) is 5.26 Å². The molecule has 9 heteroatoms. The fourth-order valence-electron chi connectivity index (χ4n) is 3.52. The Labute approximate surface area is 194 Å².